The van der Waals surface area contributed by atoms with Crippen LogP contribution < -0.4 is 5.56 Å². The summed E-state index contributed by atoms with van der Waals surface area (Å²) >= 11 is 0. The fourth-order valence-electron chi connectivity index (χ4n) is 3.37. The van der Waals surface area contributed by atoms with Crippen molar-refractivity contribution in [1.82, 2.24) is 19.9 Å². The largest absolute Gasteiger partial charge is 0.337 e. The van der Waals surface area contributed by atoms with Gasteiger partial charge in [-0.1, -0.05) is 6.07 Å². The fourth-order valence-corrected chi connectivity index (χ4v) is 3.37. The Kier molecular flexibility index (Phi) is 4.01. The molecule has 1 aliphatic rings. The summed E-state index contributed by atoms with van der Waals surface area (Å²) in [6.45, 7) is 1.31. The van der Waals surface area contributed by atoms with E-state index in [0.717, 1.165) is 18.5 Å². The lowest BCUT2D eigenvalue weighted by molar-refractivity contribution is 0.0706. The zero-order valence-electron chi connectivity index (χ0n) is 13.7. The summed E-state index contributed by atoms with van der Waals surface area (Å²) in [7, 11) is 0. The highest BCUT2D eigenvalue weighted by Crippen LogP contribution is 2.27. The maximum atomic E-state index is 12.5. The number of nitrogens with one attached hydrogen (secondary N) is 1. The monoisotopic (exact) mass is 334 g/mol. The Labute approximate surface area is 144 Å². The van der Waals surface area contributed by atoms with E-state index in [1.165, 1.54) is 0 Å². The van der Waals surface area contributed by atoms with Gasteiger partial charge in [-0.25, -0.2) is 0 Å². The normalized spacial score (nSPS) is 15.4. The maximum absolute atomic E-state index is 12.5. The Hall–Kier alpha value is -3.02. The van der Waals surface area contributed by atoms with Gasteiger partial charge in [0, 0.05) is 37.1 Å². The number of aromatic amines is 1. The first kappa shape index (κ1) is 15.5. The predicted molar refractivity (Wildman–Crippen MR) is 94.5 cm³/mol. The molecule has 1 amide bonds. The summed E-state index contributed by atoms with van der Waals surface area (Å²) in [5, 5.41) is 0.606. The first-order chi connectivity index (χ1) is 12.2. The average Bonchev–Trinajstić information content (AvgIpc) is 2.68. The average molecular weight is 334 g/mol. The van der Waals surface area contributed by atoms with Crippen LogP contribution in [0.25, 0.3) is 10.9 Å². The SMILES string of the molecule is O=C(c1ccccn1)N1CCC(c2cc3ncccc3c(=O)[nH]2)CC1. The van der Waals surface area contributed by atoms with Gasteiger partial charge >= 0.3 is 0 Å². The number of pyridine rings is 3. The molecule has 0 saturated carbocycles. The van der Waals surface area contributed by atoms with Crippen LogP contribution in [-0.4, -0.2) is 38.8 Å². The molecule has 1 saturated heterocycles. The van der Waals surface area contributed by atoms with Gasteiger partial charge in [-0.05, 0) is 43.2 Å². The second-order valence-corrected chi connectivity index (χ2v) is 6.27. The van der Waals surface area contributed by atoms with Gasteiger partial charge in [0.2, 0.25) is 0 Å². The van der Waals surface area contributed by atoms with Crippen molar-refractivity contribution in [2.24, 2.45) is 0 Å². The third-order valence-electron chi connectivity index (χ3n) is 4.74. The number of hydrogen-bond acceptors (Lipinski definition) is 4. The molecule has 0 atom stereocenters. The van der Waals surface area contributed by atoms with Gasteiger partial charge in [-0.15, -0.1) is 0 Å². The molecule has 3 aromatic heterocycles. The van der Waals surface area contributed by atoms with E-state index >= 15 is 0 Å². The predicted octanol–water partition coefficient (Wildman–Crippen LogP) is 2.34. The van der Waals surface area contributed by atoms with Crippen molar-refractivity contribution in [2.75, 3.05) is 13.1 Å². The molecule has 0 radical (unpaired) electrons. The van der Waals surface area contributed by atoms with E-state index in [9.17, 15) is 9.59 Å². The third kappa shape index (κ3) is 3.03. The number of carbonyl (C=O) groups excluding carboxylic acids is 1. The van der Waals surface area contributed by atoms with Crippen molar-refractivity contribution in [3.8, 4) is 0 Å². The molecule has 6 heteroatoms. The number of nitrogens with zero attached hydrogens (tertiary/aromatic N) is 3. The van der Waals surface area contributed by atoms with Crippen LogP contribution in [0.15, 0.2) is 53.6 Å². The lowest BCUT2D eigenvalue weighted by atomic mass is 9.92. The van der Waals surface area contributed by atoms with Crippen LogP contribution in [0.2, 0.25) is 0 Å². The molecule has 0 aromatic carbocycles. The van der Waals surface area contributed by atoms with Crippen molar-refractivity contribution in [1.29, 1.82) is 0 Å². The Morgan fingerprint density at radius 3 is 2.64 bits per heavy atom. The number of aromatic nitrogens is 3. The van der Waals surface area contributed by atoms with Crippen LogP contribution >= 0.6 is 0 Å². The molecule has 1 N–H and O–H groups in total. The summed E-state index contributed by atoms with van der Waals surface area (Å²) in [5.41, 5.74) is 1.99. The quantitative estimate of drug-likeness (QED) is 0.780. The number of likely N-dealkylation sites (tertiary alicyclic amines) is 1. The highest BCUT2D eigenvalue weighted by atomic mass is 16.2. The number of H-pyrrole nitrogens is 1. The molecule has 4 heterocycles. The van der Waals surface area contributed by atoms with Gasteiger partial charge in [0.25, 0.3) is 11.5 Å². The van der Waals surface area contributed by atoms with Crippen LogP contribution in [-0.2, 0) is 0 Å². The molecule has 0 unspecified atom stereocenters. The lowest BCUT2D eigenvalue weighted by Crippen LogP contribution is -2.38. The van der Waals surface area contributed by atoms with Crippen molar-refractivity contribution < 1.29 is 4.79 Å². The number of piperidine rings is 1. The zero-order valence-corrected chi connectivity index (χ0v) is 13.7. The number of rotatable bonds is 2. The molecule has 126 valence electrons. The third-order valence-corrected chi connectivity index (χ3v) is 4.74. The van der Waals surface area contributed by atoms with Gasteiger partial charge < -0.3 is 9.88 Å². The van der Waals surface area contributed by atoms with E-state index in [2.05, 4.69) is 15.0 Å². The van der Waals surface area contributed by atoms with Crippen molar-refractivity contribution in [3.05, 3.63) is 70.5 Å². The topological polar surface area (TPSA) is 79.0 Å². The first-order valence-corrected chi connectivity index (χ1v) is 8.40. The minimum Gasteiger partial charge on any atom is -0.337 e. The Morgan fingerprint density at radius 2 is 1.88 bits per heavy atom. The van der Waals surface area contributed by atoms with Gasteiger partial charge in [0.05, 0.1) is 10.9 Å². The Bertz CT molecular complexity index is 960. The summed E-state index contributed by atoms with van der Waals surface area (Å²) in [5.74, 6) is 0.194. The highest BCUT2D eigenvalue weighted by molar-refractivity contribution is 5.92. The molecule has 1 fully saturated rings. The molecule has 0 spiro atoms. The van der Waals surface area contributed by atoms with E-state index < -0.39 is 0 Å². The van der Waals surface area contributed by atoms with E-state index in [0.29, 0.717) is 29.7 Å². The maximum Gasteiger partial charge on any atom is 0.272 e. The number of hydrogen-bond donors (Lipinski definition) is 1. The zero-order chi connectivity index (χ0) is 17.2. The lowest BCUT2D eigenvalue weighted by Gasteiger charge is -2.31. The molecule has 1 aliphatic heterocycles. The van der Waals surface area contributed by atoms with Crippen LogP contribution in [0.4, 0.5) is 0 Å². The summed E-state index contributed by atoms with van der Waals surface area (Å²) in [4.78, 5) is 37.9. The first-order valence-electron chi connectivity index (χ1n) is 8.40. The Morgan fingerprint density at radius 1 is 1.08 bits per heavy atom. The standard InChI is InChI=1S/C19H18N4O2/c24-18-14-4-3-9-21-17(14)12-16(22-18)13-6-10-23(11-7-13)19(25)15-5-1-2-8-20-15/h1-5,8-9,12-13H,6-7,10-11H2,(H,22,24). The molecule has 0 aliphatic carbocycles. The minimum absolute atomic E-state index is 0.0345. The number of carbonyl (C=O) groups is 1. The highest BCUT2D eigenvalue weighted by Gasteiger charge is 2.26. The Balaban J connectivity index is 1.51. The second-order valence-electron chi connectivity index (χ2n) is 6.27. The van der Waals surface area contributed by atoms with Crippen molar-refractivity contribution >= 4 is 16.8 Å². The molecule has 4 rings (SSSR count). The molecular formula is C19H18N4O2. The van der Waals surface area contributed by atoms with E-state index in [1.54, 1.807) is 36.7 Å². The van der Waals surface area contributed by atoms with Gasteiger partial charge in [-0.2, -0.15) is 0 Å². The van der Waals surface area contributed by atoms with Gasteiger partial charge in [0.1, 0.15) is 5.69 Å². The molecule has 6 nitrogen and oxygen atoms in total. The van der Waals surface area contributed by atoms with Crippen molar-refractivity contribution in [3.63, 3.8) is 0 Å². The van der Waals surface area contributed by atoms with E-state index in [1.807, 2.05) is 17.0 Å². The summed E-state index contributed by atoms with van der Waals surface area (Å²) in [6, 6.07) is 10.9. The molecule has 0 bridgehead atoms. The second kappa shape index (κ2) is 6.47. The summed E-state index contributed by atoms with van der Waals surface area (Å²) in [6.07, 6.45) is 4.95. The van der Waals surface area contributed by atoms with E-state index in [-0.39, 0.29) is 17.4 Å². The summed E-state index contributed by atoms with van der Waals surface area (Å²) < 4.78 is 0. The van der Waals surface area contributed by atoms with Crippen molar-refractivity contribution in [2.45, 2.75) is 18.8 Å². The van der Waals surface area contributed by atoms with Crippen LogP contribution in [0.5, 0.6) is 0 Å². The van der Waals surface area contributed by atoms with Crippen LogP contribution in [0, 0.1) is 0 Å². The smallest absolute Gasteiger partial charge is 0.272 e. The van der Waals surface area contributed by atoms with Gasteiger partial charge in [0.15, 0.2) is 0 Å². The molecule has 25 heavy (non-hydrogen) atoms. The van der Waals surface area contributed by atoms with Crippen LogP contribution in [0.3, 0.4) is 0 Å². The van der Waals surface area contributed by atoms with E-state index in [4.69, 9.17) is 0 Å². The molecule has 3 aromatic rings. The van der Waals surface area contributed by atoms with Crippen LogP contribution in [0.1, 0.15) is 34.9 Å². The van der Waals surface area contributed by atoms with Gasteiger partial charge in [-0.3, -0.25) is 19.6 Å². The molecular weight excluding hydrogens is 316 g/mol. The minimum atomic E-state index is -0.104. The number of fused-ring (bicyclic) bond motifs is 1. The fraction of sp³-hybridized carbons (Fsp3) is 0.263. The number of amides is 1.